The van der Waals surface area contributed by atoms with E-state index in [1.165, 1.54) is 0 Å². The molecule has 0 saturated carbocycles. The summed E-state index contributed by atoms with van der Waals surface area (Å²) in [5.41, 5.74) is -6.07. The zero-order valence-electron chi connectivity index (χ0n) is 9.44. The van der Waals surface area contributed by atoms with Gasteiger partial charge in [-0.05, 0) is 5.56 Å². The van der Waals surface area contributed by atoms with Crippen LogP contribution in [-0.4, -0.2) is 23.3 Å². The maximum atomic E-state index is 12.2. The minimum atomic E-state index is -5.89. The Labute approximate surface area is 109 Å². The summed E-state index contributed by atoms with van der Waals surface area (Å²) in [5, 5.41) is 12.2. The van der Waals surface area contributed by atoms with Gasteiger partial charge in [0.2, 0.25) is 0 Å². The zero-order valence-corrected chi connectivity index (χ0v) is 10.3. The van der Waals surface area contributed by atoms with Gasteiger partial charge in [0.15, 0.2) is 0 Å². The molecule has 0 heterocycles. The molecule has 0 bridgehead atoms. The summed E-state index contributed by atoms with van der Waals surface area (Å²) < 4.78 is 57.9. The van der Waals surface area contributed by atoms with Gasteiger partial charge >= 0.3 is 15.5 Å². The van der Waals surface area contributed by atoms with E-state index < -0.39 is 31.4 Å². The minimum absolute atomic E-state index is 0.0666. The standard InChI is InChI=1S/C8H6F3N3O5S/c9-8(10,11)20(18,19)13(12-15)5-6-1-3-7(4-2-6)14(16)17/h1-4H,5H2. The Balaban J connectivity index is 3.01. The molecule has 0 atom stereocenters. The number of hydrogen-bond acceptors (Lipinski definition) is 6. The van der Waals surface area contributed by atoms with Crippen LogP contribution in [0.15, 0.2) is 29.6 Å². The van der Waals surface area contributed by atoms with Gasteiger partial charge in [0, 0.05) is 12.1 Å². The van der Waals surface area contributed by atoms with Crippen molar-refractivity contribution >= 4 is 15.7 Å². The van der Waals surface area contributed by atoms with Crippen molar-refractivity contribution in [2.24, 2.45) is 5.29 Å². The normalized spacial score (nSPS) is 11.9. The molecule has 0 saturated heterocycles. The first-order valence-electron chi connectivity index (χ1n) is 4.75. The van der Waals surface area contributed by atoms with Gasteiger partial charge in [-0.3, -0.25) is 10.1 Å². The third-order valence-corrected chi connectivity index (χ3v) is 3.46. The third kappa shape index (κ3) is 3.20. The summed E-state index contributed by atoms with van der Waals surface area (Å²) in [6.07, 6.45) is 0. The molecule has 0 fully saturated rings. The lowest BCUT2D eigenvalue weighted by Crippen LogP contribution is -2.36. The van der Waals surface area contributed by atoms with Gasteiger partial charge in [-0.15, -0.1) is 9.32 Å². The van der Waals surface area contributed by atoms with Crippen molar-refractivity contribution in [3.05, 3.63) is 44.9 Å². The van der Waals surface area contributed by atoms with Gasteiger partial charge in [-0.25, -0.2) is 0 Å². The molecule has 0 amide bonds. The highest BCUT2D eigenvalue weighted by atomic mass is 32.2. The van der Waals surface area contributed by atoms with Crippen LogP contribution in [0, 0.1) is 15.0 Å². The third-order valence-electron chi connectivity index (χ3n) is 2.13. The van der Waals surface area contributed by atoms with Gasteiger partial charge in [0.25, 0.3) is 5.69 Å². The van der Waals surface area contributed by atoms with Crippen LogP contribution in [0.5, 0.6) is 0 Å². The van der Waals surface area contributed by atoms with Crippen LogP contribution in [0.1, 0.15) is 5.56 Å². The molecular formula is C8H6F3N3O5S. The van der Waals surface area contributed by atoms with Crippen molar-refractivity contribution in [2.75, 3.05) is 0 Å². The average Bonchev–Trinajstić information content (AvgIpc) is 2.34. The van der Waals surface area contributed by atoms with E-state index in [1.807, 2.05) is 5.29 Å². The first-order valence-corrected chi connectivity index (χ1v) is 6.19. The molecule has 20 heavy (non-hydrogen) atoms. The van der Waals surface area contributed by atoms with Gasteiger partial charge in [0.05, 0.1) is 16.8 Å². The van der Waals surface area contributed by atoms with Crippen LogP contribution in [-0.2, 0) is 16.6 Å². The zero-order chi connectivity index (χ0) is 15.6. The number of alkyl halides is 3. The molecule has 1 aromatic rings. The van der Waals surface area contributed by atoms with E-state index in [4.69, 9.17) is 0 Å². The van der Waals surface area contributed by atoms with Gasteiger partial charge in [-0.1, -0.05) is 12.1 Å². The van der Waals surface area contributed by atoms with E-state index in [-0.39, 0.29) is 11.3 Å². The molecule has 0 aliphatic carbocycles. The number of nitro benzene ring substituents is 1. The van der Waals surface area contributed by atoms with Crippen LogP contribution in [0.3, 0.4) is 0 Å². The molecule has 0 N–H and O–H groups in total. The van der Waals surface area contributed by atoms with Crippen molar-refractivity contribution in [3.8, 4) is 0 Å². The fourth-order valence-corrected chi connectivity index (χ4v) is 1.80. The Morgan fingerprint density at radius 3 is 2.10 bits per heavy atom. The average molecular weight is 313 g/mol. The Hall–Kier alpha value is -2.24. The fraction of sp³-hybridized carbons (Fsp3) is 0.250. The first kappa shape index (κ1) is 15.8. The van der Waals surface area contributed by atoms with E-state index in [9.17, 15) is 36.6 Å². The number of nitroso groups, excluding NO2 is 1. The number of sulfonamides is 1. The molecule has 0 unspecified atom stereocenters. The van der Waals surface area contributed by atoms with Crippen molar-refractivity contribution in [2.45, 2.75) is 12.1 Å². The SMILES string of the molecule is O=NN(Cc1ccc([N+](=O)[O-])cc1)S(=O)(=O)C(F)(F)F. The van der Waals surface area contributed by atoms with E-state index in [0.29, 0.717) is 0 Å². The molecule has 0 spiro atoms. The second-order valence-corrected chi connectivity index (χ2v) is 5.27. The van der Waals surface area contributed by atoms with E-state index >= 15 is 0 Å². The van der Waals surface area contributed by atoms with Gasteiger partial charge in [0.1, 0.15) is 0 Å². The fourth-order valence-electron chi connectivity index (χ4n) is 1.16. The number of nitrogens with zero attached hydrogens (tertiary/aromatic N) is 3. The summed E-state index contributed by atoms with van der Waals surface area (Å²) >= 11 is 0. The summed E-state index contributed by atoms with van der Waals surface area (Å²) in [6.45, 7) is -0.983. The predicted molar refractivity (Wildman–Crippen MR) is 59.4 cm³/mol. The molecule has 0 aliphatic heterocycles. The summed E-state index contributed by atoms with van der Waals surface area (Å²) in [6, 6.07) is 3.95. The van der Waals surface area contributed by atoms with E-state index in [1.54, 1.807) is 0 Å². The van der Waals surface area contributed by atoms with Crippen LogP contribution in [0.4, 0.5) is 18.9 Å². The maximum absolute atomic E-state index is 12.2. The number of nitro groups is 1. The molecule has 0 radical (unpaired) electrons. The Bertz CT molecular complexity index is 613. The molecule has 1 rings (SSSR count). The molecule has 0 aliphatic rings. The number of hydrogen-bond donors (Lipinski definition) is 0. The van der Waals surface area contributed by atoms with Gasteiger partial charge < -0.3 is 0 Å². The quantitative estimate of drug-likeness (QED) is 0.468. The van der Waals surface area contributed by atoms with Gasteiger partial charge in [-0.2, -0.15) is 21.6 Å². The lowest BCUT2D eigenvalue weighted by Gasteiger charge is -2.16. The highest BCUT2D eigenvalue weighted by molar-refractivity contribution is 7.89. The largest absolute Gasteiger partial charge is 0.518 e. The van der Waals surface area contributed by atoms with E-state index in [2.05, 4.69) is 0 Å². The van der Waals surface area contributed by atoms with Crippen molar-refractivity contribution in [1.29, 1.82) is 0 Å². The maximum Gasteiger partial charge on any atom is 0.518 e. The Morgan fingerprint density at radius 2 is 1.75 bits per heavy atom. The molecule has 8 nitrogen and oxygen atoms in total. The second kappa shape index (κ2) is 5.40. The summed E-state index contributed by atoms with van der Waals surface area (Å²) in [7, 11) is -5.89. The van der Waals surface area contributed by atoms with Crippen LogP contribution >= 0.6 is 0 Å². The highest BCUT2D eigenvalue weighted by Crippen LogP contribution is 2.28. The highest BCUT2D eigenvalue weighted by Gasteiger charge is 2.50. The predicted octanol–water partition coefficient (Wildman–Crippen LogP) is 1.93. The number of benzene rings is 1. The smallest absolute Gasteiger partial charge is 0.258 e. The van der Waals surface area contributed by atoms with Crippen molar-refractivity contribution in [1.82, 2.24) is 4.41 Å². The van der Waals surface area contributed by atoms with Crippen LogP contribution in [0.2, 0.25) is 0 Å². The number of halogens is 3. The van der Waals surface area contributed by atoms with Crippen LogP contribution in [0.25, 0.3) is 0 Å². The minimum Gasteiger partial charge on any atom is -0.258 e. The molecule has 110 valence electrons. The lowest BCUT2D eigenvalue weighted by atomic mass is 10.2. The molecule has 1 aromatic carbocycles. The molecule has 0 aromatic heterocycles. The second-order valence-electron chi connectivity index (χ2n) is 3.44. The summed E-state index contributed by atoms with van der Waals surface area (Å²) in [4.78, 5) is 19.9. The Morgan fingerprint density at radius 1 is 1.25 bits per heavy atom. The number of non-ortho nitro benzene ring substituents is 1. The summed E-state index contributed by atoms with van der Waals surface area (Å²) in [5.74, 6) is 0. The van der Waals surface area contributed by atoms with Crippen molar-refractivity contribution < 1.29 is 26.5 Å². The van der Waals surface area contributed by atoms with Crippen LogP contribution < -0.4 is 0 Å². The monoisotopic (exact) mass is 313 g/mol. The number of rotatable bonds is 5. The molecular weight excluding hydrogens is 307 g/mol. The topological polar surface area (TPSA) is 110 Å². The van der Waals surface area contributed by atoms with E-state index in [0.717, 1.165) is 24.3 Å². The first-order chi connectivity index (χ1) is 9.09. The lowest BCUT2D eigenvalue weighted by molar-refractivity contribution is -0.384. The molecule has 12 heteroatoms. The Kier molecular flexibility index (Phi) is 4.27. The van der Waals surface area contributed by atoms with Crippen molar-refractivity contribution in [3.63, 3.8) is 0 Å².